The predicted molar refractivity (Wildman–Crippen MR) is 91.0 cm³/mol. The fourth-order valence-electron chi connectivity index (χ4n) is 2.44. The Bertz CT molecular complexity index is 435. The summed E-state index contributed by atoms with van der Waals surface area (Å²) in [6.07, 6.45) is 11.9. The lowest BCUT2D eigenvalue weighted by Crippen LogP contribution is -2.16. The van der Waals surface area contributed by atoms with Gasteiger partial charge < -0.3 is 9.47 Å². The summed E-state index contributed by atoms with van der Waals surface area (Å²) in [5.41, 5.74) is 0.843. The number of rotatable bonds is 10. The van der Waals surface area contributed by atoms with Gasteiger partial charge in [0.1, 0.15) is 0 Å². The molecule has 0 aliphatic heterocycles. The molecule has 0 bridgehead atoms. The number of esters is 2. The van der Waals surface area contributed by atoms with Crippen molar-refractivity contribution in [2.24, 2.45) is 0 Å². The molecule has 4 heteroatoms. The van der Waals surface area contributed by atoms with Gasteiger partial charge in [-0.3, -0.25) is 0 Å². The van der Waals surface area contributed by atoms with E-state index in [0.29, 0.717) is 30.8 Å². The minimum absolute atomic E-state index is 0.367. The highest BCUT2D eigenvalue weighted by molar-refractivity contribution is 6.02. The Kier molecular flexibility index (Phi) is 10.1. The molecule has 0 aromatic carbocycles. The number of carbonyl (C=O) groups excluding carboxylic acids is 2. The van der Waals surface area contributed by atoms with Crippen LogP contribution in [0, 0.1) is 0 Å². The lowest BCUT2D eigenvalue weighted by atomic mass is 10.0. The molecule has 1 rings (SSSR count). The Labute approximate surface area is 139 Å². The van der Waals surface area contributed by atoms with E-state index in [0.717, 1.165) is 51.4 Å². The van der Waals surface area contributed by atoms with E-state index in [4.69, 9.17) is 9.47 Å². The van der Waals surface area contributed by atoms with Crippen molar-refractivity contribution >= 4 is 11.9 Å². The molecular weight excluding hydrogens is 292 g/mol. The smallest absolute Gasteiger partial charge is 0.338 e. The van der Waals surface area contributed by atoms with Crippen LogP contribution in [-0.2, 0) is 19.1 Å². The summed E-state index contributed by atoms with van der Waals surface area (Å²) in [6.45, 7) is 5.03. The normalized spacial score (nSPS) is 14.5. The number of hydrogen-bond acceptors (Lipinski definition) is 4. The molecule has 0 saturated heterocycles. The molecule has 1 aliphatic rings. The molecule has 23 heavy (non-hydrogen) atoms. The zero-order valence-electron chi connectivity index (χ0n) is 14.6. The van der Waals surface area contributed by atoms with Gasteiger partial charge in [0.05, 0.1) is 24.4 Å². The Morgan fingerprint density at radius 1 is 0.957 bits per heavy atom. The lowest BCUT2D eigenvalue weighted by molar-refractivity contribution is -0.142. The summed E-state index contributed by atoms with van der Waals surface area (Å²) < 4.78 is 10.6. The van der Waals surface area contributed by atoms with Gasteiger partial charge in [0.2, 0.25) is 0 Å². The maximum atomic E-state index is 12.3. The van der Waals surface area contributed by atoms with Crippen LogP contribution in [-0.4, -0.2) is 25.2 Å². The van der Waals surface area contributed by atoms with Crippen molar-refractivity contribution in [3.05, 3.63) is 23.3 Å². The summed E-state index contributed by atoms with van der Waals surface area (Å²) in [6, 6.07) is 0. The Morgan fingerprint density at radius 3 is 2.17 bits per heavy atom. The van der Waals surface area contributed by atoms with Crippen molar-refractivity contribution in [3.8, 4) is 0 Å². The minimum atomic E-state index is -0.403. The molecule has 130 valence electrons. The molecule has 0 heterocycles. The maximum absolute atomic E-state index is 12.3. The van der Waals surface area contributed by atoms with Gasteiger partial charge in [-0.1, -0.05) is 51.7 Å². The van der Waals surface area contributed by atoms with Gasteiger partial charge >= 0.3 is 11.9 Å². The first kappa shape index (κ1) is 19.5. The van der Waals surface area contributed by atoms with Gasteiger partial charge in [-0.2, -0.15) is 0 Å². The minimum Gasteiger partial charge on any atom is -0.462 e. The van der Waals surface area contributed by atoms with Crippen LogP contribution in [0.3, 0.4) is 0 Å². The highest BCUT2D eigenvalue weighted by atomic mass is 16.5. The summed E-state index contributed by atoms with van der Waals surface area (Å²) in [5.74, 6) is -0.770. The molecular formula is C19H30O4. The topological polar surface area (TPSA) is 52.6 Å². The van der Waals surface area contributed by atoms with E-state index in [9.17, 15) is 9.59 Å². The monoisotopic (exact) mass is 322 g/mol. The van der Waals surface area contributed by atoms with Crippen molar-refractivity contribution in [1.82, 2.24) is 0 Å². The highest BCUT2D eigenvalue weighted by Gasteiger charge is 2.22. The van der Waals surface area contributed by atoms with E-state index < -0.39 is 5.97 Å². The summed E-state index contributed by atoms with van der Waals surface area (Å²) in [7, 11) is 0. The van der Waals surface area contributed by atoms with Gasteiger partial charge in [0, 0.05) is 0 Å². The molecule has 0 fully saturated rings. The Hall–Kier alpha value is -1.58. The quantitative estimate of drug-likeness (QED) is 0.439. The zero-order valence-corrected chi connectivity index (χ0v) is 14.6. The second kappa shape index (κ2) is 11.9. The molecule has 0 spiro atoms. The molecule has 0 aromatic rings. The molecule has 0 amide bonds. The van der Waals surface area contributed by atoms with Gasteiger partial charge in [-0.15, -0.1) is 0 Å². The van der Waals surface area contributed by atoms with E-state index in [1.54, 1.807) is 6.08 Å². The van der Waals surface area contributed by atoms with Crippen molar-refractivity contribution in [3.63, 3.8) is 0 Å². The van der Waals surface area contributed by atoms with Crippen molar-refractivity contribution in [2.45, 2.75) is 71.6 Å². The van der Waals surface area contributed by atoms with Gasteiger partial charge in [-0.25, -0.2) is 9.59 Å². The van der Waals surface area contributed by atoms with Crippen LogP contribution < -0.4 is 0 Å². The first-order chi connectivity index (χ1) is 11.2. The fourth-order valence-corrected chi connectivity index (χ4v) is 2.44. The van der Waals surface area contributed by atoms with Crippen LogP contribution in [0.2, 0.25) is 0 Å². The lowest BCUT2D eigenvalue weighted by Gasteiger charge is -2.11. The molecule has 0 aromatic heterocycles. The summed E-state index contributed by atoms with van der Waals surface area (Å²) in [4.78, 5) is 24.5. The van der Waals surface area contributed by atoms with E-state index in [1.165, 1.54) is 0 Å². The van der Waals surface area contributed by atoms with Crippen LogP contribution in [0.1, 0.15) is 71.6 Å². The number of allylic oxidation sites excluding steroid dienone is 1. The number of carbonyl (C=O) groups is 2. The third-order valence-electron chi connectivity index (χ3n) is 3.84. The van der Waals surface area contributed by atoms with Crippen LogP contribution >= 0.6 is 0 Å². The van der Waals surface area contributed by atoms with E-state index in [2.05, 4.69) is 13.8 Å². The fraction of sp³-hybridized carbons (Fsp3) is 0.684. The van der Waals surface area contributed by atoms with Crippen molar-refractivity contribution < 1.29 is 19.1 Å². The molecule has 1 aliphatic carbocycles. The van der Waals surface area contributed by atoms with Gasteiger partial charge in [0.25, 0.3) is 0 Å². The Balaban J connectivity index is 2.67. The molecule has 0 atom stereocenters. The predicted octanol–water partition coefficient (Wildman–Crippen LogP) is 4.49. The summed E-state index contributed by atoms with van der Waals surface area (Å²) in [5, 5.41) is 0. The summed E-state index contributed by atoms with van der Waals surface area (Å²) >= 11 is 0. The first-order valence-corrected chi connectivity index (χ1v) is 8.94. The number of hydrogen-bond donors (Lipinski definition) is 0. The van der Waals surface area contributed by atoms with Gasteiger partial charge in [-0.05, 0) is 32.1 Å². The number of unbranched alkanes of at least 4 members (excludes halogenated alkanes) is 4. The largest absolute Gasteiger partial charge is 0.462 e. The average molecular weight is 322 g/mol. The molecule has 0 saturated carbocycles. The van der Waals surface area contributed by atoms with E-state index in [1.807, 2.05) is 6.08 Å². The van der Waals surface area contributed by atoms with Crippen LogP contribution in [0.25, 0.3) is 0 Å². The average Bonchev–Trinajstić information content (AvgIpc) is 2.81. The number of ether oxygens (including phenoxy) is 2. The third kappa shape index (κ3) is 7.49. The molecule has 0 N–H and O–H groups in total. The Morgan fingerprint density at radius 2 is 1.57 bits per heavy atom. The van der Waals surface area contributed by atoms with Crippen LogP contribution in [0.15, 0.2) is 23.3 Å². The van der Waals surface area contributed by atoms with E-state index in [-0.39, 0.29) is 5.97 Å². The van der Waals surface area contributed by atoms with Crippen molar-refractivity contribution in [2.75, 3.05) is 13.2 Å². The molecule has 0 unspecified atom stereocenters. The van der Waals surface area contributed by atoms with E-state index >= 15 is 0 Å². The third-order valence-corrected chi connectivity index (χ3v) is 3.84. The van der Waals surface area contributed by atoms with Crippen LogP contribution in [0.4, 0.5) is 0 Å². The highest BCUT2D eigenvalue weighted by Crippen LogP contribution is 2.21. The van der Waals surface area contributed by atoms with Crippen molar-refractivity contribution in [1.29, 1.82) is 0 Å². The van der Waals surface area contributed by atoms with Crippen LogP contribution in [0.5, 0.6) is 0 Å². The zero-order chi connectivity index (χ0) is 16.9. The molecule has 0 radical (unpaired) electrons. The molecule has 4 nitrogen and oxygen atoms in total. The van der Waals surface area contributed by atoms with Gasteiger partial charge in [0.15, 0.2) is 0 Å². The second-order valence-electron chi connectivity index (χ2n) is 5.87. The standard InChI is InChI=1S/C19H30O4/c1-3-5-10-14-22-18(20)16-12-8-7-9-13-17(16)19(21)23-15-11-6-4-2/h8,12H,3-7,9-11,13-15H2,1-2H3. The maximum Gasteiger partial charge on any atom is 0.338 e. The second-order valence-corrected chi connectivity index (χ2v) is 5.87. The first-order valence-electron chi connectivity index (χ1n) is 8.94. The SMILES string of the molecule is CCCCCOC(=O)C1=C(C(=O)OCCCCC)CCCC=C1.